The molecule has 0 spiro atoms. The number of urea groups is 1. The summed E-state index contributed by atoms with van der Waals surface area (Å²) in [7, 11) is 0. The number of carbonyl (C=O) groups excluding carboxylic acids is 1. The second kappa shape index (κ2) is 7.61. The van der Waals surface area contributed by atoms with Crippen LogP contribution < -0.4 is 5.32 Å². The minimum absolute atomic E-state index is 0.0792. The molecule has 0 aromatic carbocycles. The van der Waals surface area contributed by atoms with Crippen molar-refractivity contribution in [1.82, 2.24) is 29.9 Å². The van der Waals surface area contributed by atoms with Crippen LogP contribution in [0.2, 0.25) is 0 Å². The van der Waals surface area contributed by atoms with E-state index in [0.717, 1.165) is 32.4 Å². The van der Waals surface area contributed by atoms with E-state index in [9.17, 15) is 4.79 Å². The summed E-state index contributed by atoms with van der Waals surface area (Å²) in [6.07, 6.45) is 9.69. The van der Waals surface area contributed by atoms with Gasteiger partial charge >= 0.3 is 6.03 Å². The van der Waals surface area contributed by atoms with Crippen molar-refractivity contribution in [3.8, 4) is 5.82 Å². The third-order valence-corrected chi connectivity index (χ3v) is 5.27. The summed E-state index contributed by atoms with van der Waals surface area (Å²) in [6.45, 7) is 1.54. The molecule has 0 aliphatic carbocycles. The minimum atomic E-state index is -0.0792. The largest absolute Gasteiger partial charge is 0.325 e. The Balaban J connectivity index is 1.28. The molecule has 8 nitrogen and oxygen atoms in total. The van der Waals surface area contributed by atoms with Gasteiger partial charge in [-0.1, -0.05) is 0 Å². The maximum absolute atomic E-state index is 12.5. The molecular weight excluding hydrogens is 350 g/mol. The molecule has 1 fully saturated rings. The van der Waals surface area contributed by atoms with Gasteiger partial charge in [-0.05, 0) is 30.9 Å². The monoisotopic (exact) mass is 369 g/mol. The van der Waals surface area contributed by atoms with Gasteiger partial charge in [-0.3, -0.25) is 0 Å². The molecule has 0 saturated carbocycles. The molecular formula is C17H19N7OS. The highest BCUT2D eigenvalue weighted by atomic mass is 32.1. The van der Waals surface area contributed by atoms with E-state index >= 15 is 0 Å². The molecule has 134 valence electrons. The molecule has 0 radical (unpaired) electrons. The number of nitrogens with zero attached hydrogens (tertiary/aromatic N) is 6. The Kier molecular flexibility index (Phi) is 4.87. The normalized spacial score (nSPS) is 15.2. The Bertz CT molecular complexity index is 825. The number of rotatable bonds is 4. The maximum Gasteiger partial charge on any atom is 0.321 e. The van der Waals surface area contributed by atoms with Gasteiger partial charge in [0, 0.05) is 31.1 Å². The van der Waals surface area contributed by atoms with E-state index in [1.54, 1.807) is 42.1 Å². The predicted molar refractivity (Wildman–Crippen MR) is 98.3 cm³/mol. The van der Waals surface area contributed by atoms with E-state index in [4.69, 9.17) is 0 Å². The molecule has 4 rings (SSSR count). The number of anilines is 1. The molecule has 1 saturated heterocycles. The highest BCUT2D eigenvalue weighted by molar-refractivity contribution is 7.09. The van der Waals surface area contributed by atoms with Gasteiger partial charge in [0.05, 0.1) is 29.3 Å². The highest BCUT2D eigenvalue weighted by Gasteiger charge is 2.23. The van der Waals surface area contributed by atoms with Crippen molar-refractivity contribution in [2.75, 3.05) is 18.4 Å². The maximum atomic E-state index is 12.5. The van der Waals surface area contributed by atoms with Crippen LogP contribution in [-0.4, -0.2) is 49.0 Å². The van der Waals surface area contributed by atoms with Gasteiger partial charge in [0.25, 0.3) is 0 Å². The predicted octanol–water partition coefficient (Wildman–Crippen LogP) is 2.61. The van der Waals surface area contributed by atoms with Gasteiger partial charge in [-0.2, -0.15) is 10.2 Å². The number of pyridine rings is 1. The summed E-state index contributed by atoms with van der Waals surface area (Å²) in [4.78, 5) is 24.4. The highest BCUT2D eigenvalue weighted by Crippen LogP contribution is 2.23. The zero-order valence-electron chi connectivity index (χ0n) is 14.2. The zero-order valence-corrected chi connectivity index (χ0v) is 15.0. The van der Waals surface area contributed by atoms with E-state index in [-0.39, 0.29) is 6.03 Å². The Hall–Kier alpha value is -2.81. The van der Waals surface area contributed by atoms with Crippen LogP contribution >= 0.6 is 11.3 Å². The molecule has 4 heterocycles. The van der Waals surface area contributed by atoms with Crippen LogP contribution in [-0.2, 0) is 6.42 Å². The molecule has 0 bridgehead atoms. The van der Waals surface area contributed by atoms with Crippen LogP contribution in [0.4, 0.5) is 10.5 Å². The zero-order chi connectivity index (χ0) is 17.8. The van der Waals surface area contributed by atoms with E-state index in [0.29, 0.717) is 17.4 Å². The number of amides is 2. The second-order valence-electron chi connectivity index (χ2n) is 6.21. The Morgan fingerprint density at radius 1 is 1.15 bits per heavy atom. The first kappa shape index (κ1) is 16.6. The smallest absolute Gasteiger partial charge is 0.321 e. The molecule has 1 aliphatic heterocycles. The van der Waals surface area contributed by atoms with E-state index in [1.165, 1.54) is 9.80 Å². The number of nitrogens with one attached hydrogen (secondary N) is 1. The number of piperidine rings is 1. The fraction of sp³-hybridized carbons (Fsp3) is 0.353. The Morgan fingerprint density at radius 2 is 1.96 bits per heavy atom. The molecule has 3 aromatic rings. The quantitative estimate of drug-likeness (QED) is 0.764. The lowest BCUT2D eigenvalue weighted by atomic mass is 9.94. The number of aromatic nitrogens is 5. The SMILES string of the molecule is O=C(Nc1ccc(-n2nccn2)nc1)N1CCC(Cc2nccs2)CC1. The fourth-order valence-electron chi connectivity index (χ4n) is 3.06. The molecule has 26 heavy (non-hydrogen) atoms. The topological polar surface area (TPSA) is 88.8 Å². The van der Waals surface area contributed by atoms with Crippen molar-refractivity contribution >= 4 is 23.1 Å². The average Bonchev–Trinajstić information content (AvgIpc) is 3.37. The summed E-state index contributed by atoms with van der Waals surface area (Å²) < 4.78 is 0. The number of thiazole rings is 1. The molecule has 9 heteroatoms. The third kappa shape index (κ3) is 3.88. The van der Waals surface area contributed by atoms with Gasteiger partial charge in [0.15, 0.2) is 5.82 Å². The van der Waals surface area contributed by atoms with Crippen LogP contribution in [0.5, 0.6) is 0 Å². The molecule has 2 amide bonds. The van der Waals surface area contributed by atoms with Crippen LogP contribution in [0.15, 0.2) is 42.3 Å². The number of likely N-dealkylation sites (tertiary alicyclic amines) is 1. The van der Waals surface area contributed by atoms with Gasteiger partial charge in [-0.25, -0.2) is 14.8 Å². The van der Waals surface area contributed by atoms with Gasteiger partial charge in [0.1, 0.15) is 0 Å². The second-order valence-corrected chi connectivity index (χ2v) is 7.19. The third-order valence-electron chi connectivity index (χ3n) is 4.47. The van der Waals surface area contributed by atoms with Gasteiger partial charge < -0.3 is 10.2 Å². The summed E-state index contributed by atoms with van der Waals surface area (Å²) in [5.74, 6) is 1.21. The van der Waals surface area contributed by atoms with Crippen molar-refractivity contribution in [1.29, 1.82) is 0 Å². The van der Waals surface area contributed by atoms with E-state index < -0.39 is 0 Å². The number of carbonyl (C=O) groups is 1. The van der Waals surface area contributed by atoms with Crippen molar-refractivity contribution in [3.63, 3.8) is 0 Å². The summed E-state index contributed by atoms with van der Waals surface area (Å²) in [5.41, 5.74) is 0.663. The van der Waals surface area contributed by atoms with Crippen molar-refractivity contribution in [2.45, 2.75) is 19.3 Å². The average molecular weight is 369 g/mol. The summed E-state index contributed by atoms with van der Waals surface area (Å²) in [5, 5.41) is 14.2. The van der Waals surface area contributed by atoms with Crippen LogP contribution in [0.3, 0.4) is 0 Å². The standard InChI is InChI=1S/C17H19N7OS/c25-17(22-14-1-2-15(19-12-14)24-20-5-6-21-24)23-8-3-13(4-9-23)11-16-18-7-10-26-16/h1-2,5-7,10,12-13H,3-4,8-9,11H2,(H,22,25). The fourth-order valence-corrected chi connectivity index (χ4v) is 3.79. The molecule has 0 atom stereocenters. The number of hydrogen-bond donors (Lipinski definition) is 1. The van der Waals surface area contributed by atoms with Crippen LogP contribution in [0, 0.1) is 5.92 Å². The Morgan fingerprint density at radius 3 is 2.62 bits per heavy atom. The summed E-state index contributed by atoms with van der Waals surface area (Å²) >= 11 is 1.70. The minimum Gasteiger partial charge on any atom is -0.325 e. The lowest BCUT2D eigenvalue weighted by Crippen LogP contribution is -2.41. The van der Waals surface area contributed by atoms with E-state index in [1.807, 2.05) is 16.5 Å². The van der Waals surface area contributed by atoms with Crippen LogP contribution in [0.1, 0.15) is 17.8 Å². The number of hydrogen-bond acceptors (Lipinski definition) is 6. The summed E-state index contributed by atoms with van der Waals surface area (Å²) in [6, 6.07) is 3.50. The van der Waals surface area contributed by atoms with Crippen molar-refractivity contribution in [2.24, 2.45) is 5.92 Å². The molecule has 1 N–H and O–H groups in total. The molecule has 3 aromatic heterocycles. The lowest BCUT2D eigenvalue weighted by Gasteiger charge is -2.31. The lowest BCUT2D eigenvalue weighted by molar-refractivity contribution is 0.182. The first-order chi connectivity index (χ1) is 12.8. The first-order valence-electron chi connectivity index (χ1n) is 8.55. The molecule has 0 unspecified atom stereocenters. The first-order valence-corrected chi connectivity index (χ1v) is 9.43. The molecule has 1 aliphatic rings. The Labute approximate surface area is 154 Å². The van der Waals surface area contributed by atoms with E-state index in [2.05, 4.69) is 25.5 Å². The van der Waals surface area contributed by atoms with Crippen molar-refractivity contribution < 1.29 is 4.79 Å². The van der Waals surface area contributed by atoms with Crippen molar-refractivity contribution in [3.05, 3.63) is 47.3 Å². The van der Waals surface area contributed by atoms with Gasteiger partial charge in [-0.15, -0.1) is 16.1 Å². The van der Waals surface area contributed by atoms with Crippen LogP contribution in [0.25, 0.3) is 5.82 Å². The van der Waals surface area contributed by atoms with Gasteiger partial charge in [0.2, 0.25) is 0 Å².